The number of nitrogen functional groups attached to an aromatic ring is 1. The molecule has 0 heterocycles. The number of hydrogen-bond donors (Lipinski definition) is 2. The van der Waals surface area contributed by atoms with E-state index in [1.807, 2.05) is 0 Å². The van der Waals surface area contributed by atoms with Crippen LogP contribution in [0.5, 0.6) is 0 Å². The van der Waals surface area contributed by atoms with E-state index in [0.717, 1.165) is 12.1 Å². The minimum atomic E-state index is -4.40. The summed E-state index contributed by atoms with van der Waals surface area (Å²) in [6, 6.07) is 2.68. The summed E-state index contributed by atoms with van der Waals surface area (Å²) in [5.41, 5.74) is 4.45. The van der Waals surface area contributed by atoms with Gasteiger partial charge in [-0.25, -0.2) is 17.2 Å². The maximum atomic E-state index is 12.4. The van der Waals surface area contributed by atoms with Gasteiger partial charge in [-0.1, -0.05) is 0 Å². The second-order valence-electron chi connectivity index (χ2n) is 3.96. The largest absolute Gasteiger partial charge is 0.395 e. The molecule has 0 aliphatic rings. The summed E-state index contributed by atoms with van der Waals surface area (Å²) in [6.45, 7) is -2.34. The molecular formula is C10H13F2N3O5S. The third kappa shape index (κ3) is 4.06. The average Bonchev–Trinajstić information content (AvgIpc) is 2.37. The summed E-state index contributed by atoms with van der Waals surface area (Å²) in [5, 5.41) is 19.5. The molecule has 0 aliphatic carbocycles. The number of aliphatic hydroxyl groups is 1. The van der Waals surface area contributed by atoms with E-state index >= 15 is 0 Å². The highest BCUT2D eigenvalue weighted by molar-refractivity contribution is 7.89. The first-order chi connectivity index (χ1) is 9.70. The fraction of sp³-hybridized carbons (Fsp3) is 0.400. The lowest BCUT2D eigenvalue weighted by molar-refractivity contribution is -0.384. The summed E-state index contributed by atoms with van der Waals surface area (Å²) < 4.78 is 49.5. The van der Waals surface area contributed by atoms with Gasteiger partial charge in [0.1, 0.15) is 5.69 Å². The molecule has 0 radical (unpaired) electrons. The molecule has 0 fully saturated rings. The van der Waals surface area contributed by atoms with Crippen LogP contribution in [0.15, 0.2) is 23.1 Å². The SMILES string of the molecule is Nc1ccc(S(=O)(=O)N(CCO)CC(F)F)cc1[N+](=O)[O-]. The van der Waals surface area contributed by atoms with E-state index in [9.17, 15) is 27.3 Å². The molecule has 8 nitrogen and oxygen atoms in total. The van der Waals surface area contributed by atoms with Crippen LogP contribution < -0.4 is 5.73 Å². The highest BCUT2D eigenvalue weighted by atomic mass is 32.2. The van der Waals surface area contributed by atoms with Gasteiger partial charge in [-0.05, 0) is 12.1 Å². The first kappa shape index (κ1) is 17.2. The molecule has 1 aromatic rings. The number of halogens is 2. The molecule has 0 aliphatic heterocycles. The Hall–Kier alpha value is -1.85. The van der Waals surface area contributed by atoms with Gasteiger partial charge in [-0.3, -0.25) is 10.1 Å². The molecule has 0 amide bonds. The van der Waals surface area contributed by atoms with Gasteiger partial charge in [0, 0.05) is 12.6 Å². The second-order valence-corrected chi connectivity index (χ2v) is 5.89. The molecule has 0 unspecified atom stereocenters. The molecule has 118 valence electrons. The first-order valence-corrected chi connectivity index (χ1v) is 7.07. The number of nitro benzene ring substituents is 1. The lowest BCUT2D eigenvalue weighted by atomic mass is 10.3. The summed E-state index contributed by atoms with van der Waals surface area (Å²) in [7, 11) is -4.40. The minimum Gasteiger partial charge on any atom is -0.395 e. The fourth-order valence-electron chi connectivity index (χ4n) is 1.57. The topological polar surface area (TPSA) is 127 Å². The molecule has 3 N–H and O–H groups in total. The van der Waals surface area contributed by atoms with Crippen molar-refractivity contribution in [1.82, 2.24) is 4.31 Å². The predicted octanol–water partition coefficient (Wildman–Crippen LogP) is 0.425. The number of benzene rings is 1. The molecule has 0 saturated heterocycles. The summed E-state index contributed by atoms with van der Waals surface area (Å²) in [6.07, 6.45) is -2.95. The molecule has 0 saturated carbocycles. The van der Waals surface area contributed by atoms with Gasteiger partial charge in [-0.15, -0.1) is 0 Å². The van der Waals surface area contributed by atoms with Gasteiger partial charge < -0.3 is 10.8 Å². The van der Waals surface area contributed by atoms with Gasteiger partial charge in [0.2, 0.25) is 10.0 Å². The molecule has 0 atom stereocenters. The Kier molecular flexibility index (Phi) is 5.52. The van der Waals surface area contributed by atoms with Crippen LogP contribution in [0.4, 0.5) is 20.2 Å². The maximum absolute atomic E-state index is 12.4. The zero-order valence-corrected chi connectivity index (χ0v) is 11.5. The smallest absolute Gasteiger partial charge is 0.293 e. The van der Waals surface area contributed by atoms with Crippen molar-refractivity contribution in [2.45, 2.75) is 11.3 Å². The zero-order valence-electron chi connectivity index (χ0n) is 10.6. The van der Waals surface area contributed by atoms with Crippen LogP contribution in [0, 0.1) is 10.1 Å². The van der Waals surface area contributed by atoms with Crippen LogP contribution in [-0.2, 0) is 10.0 Å². The number of sulfonamides is 1. The number of rotatable bonds is 7. The average molecular weight is 325 g/mol. The molecular weight excluding hydrogens is 312 g/mol. The van der Waals surface area contributed by atoms with E-state index in [0.29, 0.717) is 10.4 Å². The minimum absolute atomic E-state index is 0.249. The molecule has 11 heteroatoms. The molecule has 1 aromatic carbocycles. The number of nitro groups is 1. The zero-order chi connectivity index (χ0) is 16.2. The van der Waals surface area contributed by atoms with Crippen LogP contribution in [0.2, 0.25) is 0 Å². The van der Waals surface area contributed by atoms with E-state index in [-0.39, 0.29) is 5.69 Å². The van der Waals surface area contributed by atoms with Crippen molar-refractivity contribution >= 4 is 21.4 Å². The molecule has 1 rings (SSSR count). The predicted molar refractivity (Wildman–Crippen MR) is 69.4 cm³/mol. The number of nitrogens with zero attached hydrogens (tertiary/aromatic N) is 2. The lowest BCUT2D eigenvalue weighted by Crippen LogP contribution is -2.37. The molecule has 0 bridgehead atoms. The Morgan fingerprint density at radius 2 is 2.05 bits per heavy atom. The van der Waals surface area contributed by atoms with Gasteiger partial charge >= 0.3 is 0 Å². The van der Waals surface area contributed by atoms with Crippen molar-refractivity contribution in [3.63, 3.8) is 0 Å². The van der Waals surface area contributed by atoms with Crippen molar-refractivity contribution in [3.05, 3.63) is 28.3 Å². The number of nitrogens with two attached hydrogens (primary N) is 1. The monoisotopic (exact) mass is 325 g/mol. The van der Waals surface area contributed by atoms with Gasteiger partial charge in [0.25, 0.3) is 12.1 Å². The lowest BCUT2D eigenvalue weighted by Gasteiger charge is -2.20. The van der Waals surface area contributed by atoms with Gasteiger partial charge in [0.15, 0.2) is 0 Å². The molecule has 0 aromatic heterocycles. The van der Waals surface area contributed by atoms with Crippen LogP contribution in [0.1, 0.15) is 0 Å². The number of alkyl halides is 2. The van der Waals surface area contributed by atoms with Gasteiger partial charge in [0.05, 0.1) is 23.0 Å². The van der Waals surface area contributed by atoms with E-state index in [4.69, 9.17) is 10.8 Å². The van der Waals surface area contributed by atoms with E-state index in [1.165, 1.54) is 0 Å². The first-order valence-electron chi connectivity index (χ1n) is 5.63. The van der Waals surface area contributed by atoms with Crippen LogP contribution in [0.25, 0.3) is 0 Å². The Morgan fingerprint density at radius 3 is 2.52 bits per heavy atom. The van der Waals surface area contributed by atoms with Crippen molar-refractivity contribution in [2.75, 3.05) is 25.4 Å². The van der Waals surface area contributed by atoms with E-state index in [1.54, 1.807) is 0 Å². The summed E-state index contributed by atoms with van der Waals surface area (Å²) >= 11 is 0. The normalized spacial score (nSPS) is 12.0. The van der Waals surface area contributed by atoms with E-state index in [2.05, 4.69) is 0 Å². The number of aliphatic hydroxyl groups excluding tert-OH is 1. The number of hydrogen-bond acceptors (Lipinski definition) is 6. The highest BCUT2D eigenvalue weighted by Crippen LogP contribution is 2.26. The van der Waals surface area contributed by atoms with Crippen LogP contribution in [0.3, 0.4) is 0 Å². The molecule has 21 heavy (non-hydrogen) atoms. The van der Waals surface area contributed by atoms with Gasteiger partial charge in [-0.2, -0.15) is 4.31 Å². The van der Waals surface area contributed by atoms with Crippen molar-refractivity contribution in [3.8, 4) is 0 Å². The standard InChI is InChI=1S/C10H13F2N3O5S/c11-10(12)6-14(3-4-16)21(19,20)7-1-2-8(13)9(5-7)15(17)18/h1-2,5,10,16H,3-4,6,13H2. The Bertz CT molecular complexity index is 623. The Morgan fingerprint density at radius 1 is 1.43 bits per heavy atom. The maximum Gasteiger partial charge on any atom is 0.293 e. The Balaban J connectivity index is 3.27. The highest BCUT2D eigenvalue weighted by Gasteiger charge is 2.28. The summed E-state index contributed by atoms with van der Waals surface area (Å²) in [4.78, 5) is 9.31. The third-order valence-corrected chi connectivity index (χ3v) is 4.39. The molecule has 0 spiro atoms. The second kappa shape index (κ2) is 6.74. The summed E-state index contributed by atoms with van der Waals surface area (Å²) in [5.74, 6) is 0. The van der Waals surface area contributed by atoms with E-state index < -0.39 is 51.7 Å². The third-order valence-electron chi connectivity index (χ3n) is 2.53. The quantitative estimate of drug-likeness (QED) is 0.425. The van der Waals surface area contributed by atoms with Crippen molar-refractivity contribution in [1.29, 1.82) is 0 Å². The van der Waals surface area contributed by atoms with Crippen molar-refractivity contribution < 1.29 is 27.2 Å². The number of anilines is 1. The fourth-order valence-corrected chi connectivity index (χ4v) is 3.00. The van der Waals surface area contributed by atoms with Crippen LogP contribution in [-0.4, -0.2) is 48.9 Å². The van der Waals surface area contributed by atoms with Crippen LogP contribution >= 0.6 is 0 Å². The Labute approximate surface area is 119 Å². The van der Waals surface area contributed by atoms with Crippen molar-refractivity contribution in [2.24, 2.45) is 0 Å².